The Morgan fingerprint density at radius 2 is 2.07 bits per heavy atom. The van der Waals surface area contributed by atoms with Gasteiger partial charge in [0.25, 0.3) is 0 Å². The minimum atomic E-state index is 0.727. The van der Waals surface area contributed by atoms with Crippen LogP contribution in [0.5, 0.6) is 0 Å². The maximum absolute atomic E-state index is 5.63. The number of hydrogen-bond acceptors (Lipinski definition) is 4. The molecular weight excluding hydrogens is 192 g/mol. The fraction of sp³-hybridized carbons (Fsp3) is 0.636. The molecule has 4 nitrogen and oxygen atoms in total. The summed E-state index contributed by atoms with van der Waals surface area (Å²) in [4.78, 5) is 2.08. The Labute approximate surface area is 91.2 Å². The zero-order valence-corrected chi connectivity index (χ0v) is 9.75. The number of rotatable bonds is 7. The van der Waals surface area contributed by atoms with Crippen LogP contribution >= 0.6 is 0 Å². The molecule has 4 heteroatoms. The Bertz CT molecular complexity index is 271. The molecule has 0 saturated heterocycles. The lowest BCUT2D eigenvalue weighted by atomic mass is 10.4. The van der Waals surface area contributed by atoms with Gasteiger partial charge in [0.05, 0.1) is 19.7 Å². The van der Waals surface area contributed by atoms with Crippen molar-refractivity contribution in [2.24, 2.45) is 0 Å². The van der Waals surface area contributed by atoms with E-state index in [2.05, 4.69) is 10.2 Å². The van der Waals surface area contributed by atoms with E-state index >= 15 is 0 Å². The Morgan fingerprint density at radius 1 is 1.33 bits per heavy atom. The molecule has 0 unspecified atom stereocenters. The summed E-state index contributed by atoms with van der Waals surface area (Å²) in [5.41, 5.74) is 0. The van der Waals surface area contributed by atoms with Crippen LogP contribution in [0.4, 0.5) is 0 Å². The van der Waals surface area contributed by atoms with Crippen molar-refractivity contribution < 1.29 is 9.15 Å². The Hall–Kier alpha value is -0.840. The molecule has 1 heterocycles. The normalized spacial score (nSPS) is 11.2. The summed E-state index contributed by atoms with van der Waals surface area (Å²) in [6.07, 6.45) is 0. The molecule has 1 aromatic rings. The van der Waals surface area contributed by atoms with Crippen LogP contribution in [-0.2, 0) is 17.8 Å². The van der Waals surface area contributed by atoms with Gasteiger partial charge in [0.2, 0.25) is 0 Å². The van der Waals surface area contributed by atoms with Crippen molar-refractivity contribution >= 4 is 0 Å². The van der Waals surface area contributed by atoms with Gasteiger partial charge >= 0.3 is 0 Å². The van der Waals surface area contributed by atoms with Crippen LogP contribution in [0, 0.1) is 0 Å². The summed E-state index contributed by atoms with van der Waals surface area (Å²) in [6, 6.07) is 4.03. The van der Waals surface area contributed by atoms with Gasteiger partial charge in [-0.3, -0.25) is 0 Å². The Balaban J connectivity index is 2.26. The van der Waals surface area contributed by atoms with Crippen LogP contribution in [-0.4, -0.2) is 39.3 Å². The molecule has 1 aromatic heterocycles. The predicted molar refractivity (Wildman–Crippen MR) is 59.7 cm³/mol. The van der Waals surface area contributed by atoms with Crippen LogP contribution in [0.1, 0.15) is 11.5 Å². The van der Waals surface area contributed by atoms with Gasteiger partial charge in [-0.05, 0) is 26.2 Å². The van der Waals surface area contributed by atoms with Gasteiger partial charge < -0.3 is 19.4 Å². The van der Waals surface area contributed by atoms with E-state index < -0.39 is 0 Å². The van der Waals surface area contributed by atoms with Gasteiger partial charge in [-0.1, -0.05) is 0 Å². The summed E-state index contributed by atoms with van der Waals surface area (Å²) in [6.45, 7) is 3.18. The van der Waals surface area contributed by atoms with Crippen LogP contribution < -0.4 is 5.32 Å². The second kappa shape index (κ2) is 6.61. The first-order valence-corrected chi connectivity index (χ1v) is 5.14. The summed E-state index contributed by atoms with van der Waals surface area (Å²) >= 11 is 0. The molecule has 0 aromatic carbocycles. The number of ether oxygens (including phenoxy) is 1. The average Bonchev–Trinajstić information content (AvgIpc) is 2.59. The van der Waals surface area contributed by atoms with E-state index in [0.717, 1.165) is 37.8 Å². The van der Waals surface area contributed by atoms with E-state index in [-0.39, 0.29) is 0 Å². The zero-order chi connectivity index (χ0) is 11.1. The second-order valence-electron chi connectivity index (χ2n) is 3.78. The van der Waals surface area contributed by atoms with Crippen LogP contribution in [0.15, 0.2) is 16.5 Å². The quantitative estimate of drug-likeness (QED) is 0.686. The fourth-order valence-electron chi connectivity index (χ4n) is 1.30. The van der Waals surface area contributed by atoms with E-state index in [1.54, 1.807) is 7.11 Å². The van der Waals surface area contributed by atoms with Crippen molar-refractivity contribution in [3.05, 3.63) is 23.7 Å². The highest BCUT2D eigenvalue weighted by Gasteiger charge is 2.02. The van der Waals surface area contributed by atoms with E-state index in [9.17, 15) is 0 Å². The van der Waals surface area contributed by atoms with Gasteiger partial charge in [0.15, 0.2) is 0 Å². The third-order valence-electron chi connectivity index (χ3n) is 1.97. The van der Waals surface area contributed by atoms with Crippen LogP contribution in [0.2, 0.25) is 0 Å². The Morgan fingerprint density at radius 3 is 2.73 bits per heavy atom. The van der Waals surface area contributed by atoms with Crippen molar-refractivity contribution in [1.29, 1.82) is 0 Å². The minimum Gasteiger partial charge on any atom is -0.463 e. The van der Waals surface area contributed by atoms with Crippen LogP contribution in [0.25, 0.3) is 0 Å². The zero-order valence-electron chi connectivity index (χ0n) is 9.75. The second-order valence-corrected chi connectivity index (χ2v) is 3.78. The van der Waals surface area contributed by atoms with Gasteiger partial charge in [0, 0.05) is 13.7 Å². The molecule has 0 aliphatic heterocycles. The predicted octanol–water partition coefficient (Wildman–Crippen LogP) is 1.08. The molecule has 86 valence electrons. The molecule has 0 atom stereocenters. The molecule has 0 aliphatic carbocycles. The molecule has 0 aliphatic rings. The Kier molecular flexibility index (Phi) is 5.39. The number of hydrogen-bond donors (Lipinski definition) is 1. The lowest BCUT2D eigenvalue weighted by Crippen LogP contribution is -2.18. The highest BCUT2D eigenvalue weighted by atomic mass is 16.5. The first kappa shape index (κ1) is 12.2. The first-order chi connectivity index (χ1) is 7.22. The van der Waals surface area contributed by atoms with Crippen molar-refractivity contribution in [2.75, 3.05) is 34.4 Å². The summed E-state index contributed by atoms with van der Waals surface area (Å²) in [5.74, 6) is 1.98. The maximum Gasteiger partial charge on any atom is 0.118 e. The van der Waals surface area contributed by atoms with Crippen molar-refractivity contribution in [3.63, 3.8) is 0 Å². The largest absolute Gasteiger partial charge is 0.463 e. The van der Waals surface area contributed by atoms with E-state index in [4.69, 9.17) is 9.15 Å². The van der Waals surface area contributed by atoms with E-state index in [1.165, 1.54) is 0 Å². The summed E-state index contributed by atoms with van der Waals surface area (Å²) in [7, 11) is 5.75. The minimum absolute atomic E-state index is 0.727. The third kappa shape index (κ3) is 4.97. The lowest BCUT2D eigenvalue weighted by Gasteiger charge is -2.06. The topological polar surface area (TPSA) is 37.6 Å². The average molecular weight is 212 g/mol. The molecule has 0 fully saturated rings. The molecule has 0 amide bonds. The summed E-state index contributed by atoms with van der Waals surface area (Å²) < 4.78 is 10.6. The number of nitrogens with one attached hydrogen (secondary N) is 1. The first-order valence-electron chi connectivity index (χ1n) is 5.14. The van der Waals surface area contributed by atoms with E-state index in [1.807, 2.05) is 26.2 Å². The van der Waals surface area contributed by atoms with Crippen molar-refractivity contribution in [2.45, 2.75) is 13.1 Å². The standard InChI is InChI=1S/C11H20N2O2/c1-13(2)9-11-5-4-10(15-11)8-12-6-7-14-3/h4-5,12H,6-9H2,1-3H3. The molecule has 0 radical (unpaired) electrons. The lowest BCUT2D eigenvalue weighted by molar-refractivity contribution is 0.198. The maximum atomic E-state index is 5.63. The number of nitrogens with zero attached hydrogens (tertiary/aromatic N) is 1. The molecule has 0 saturated carbocycles. The third-order valence-corrected chi connectivity index (χ3v) is 1.97. The molecule has 0 spiro atoms. The smallest absolute Gasteiger partial charge is 0.118 e. The van der Waals surface area contributed by atoms with Gasteiger partial charge in [0.1, 0.15) is 11.5 Å². The highest BCUT2D eigenvalue weighted by molar-refractivity contribution is 5.06. The monoisotopic (exact) mass is 212 g/mol. The van der Waals surface area contributed by atoms with E-state index in [0.29, 0.717) is 0 Å². The van der Waals surface area contributed by atoms with Crippen molar-refractivity contribution in [1.82, 2.24) is 10.2 Å². The molecule has 1 N–H and O–H groups in total. The van der Waals surface area contributed by atoms with Crippen molar-refractivity contribution in [3.8, 4) is 0 Å². The number of methoxy groups -OCH3 is 1. The van der Waals surface area contributed by atoms with Crippen LogP contribution in [0.3, 0.4) is 0 Å². The molecular formula is C11H20N2O2. The highest BCUT2D eigenvalue weighted by Crippen LogP contribution is 2.08. The molecule has 15 heavy (non-hydrogen) atoms. The fourth-order valence-corrected chi connectivity index (χ4v) is 1.30. The van der Waals surface area contributed by atoms with Gasteiger partial charge in [-0.2, -0.15) is 0 Å². The number of furan rings is 1. The summed E-state index contributed by atoms with van der Waals surface area (Å²) in [5, 5.41) is 3.24. The molecule has 1 rings (SSSR count). The van der Waals surface area contributed by atoms with Gasteiger partial charge in [-0.15, -0.1) is 0 Å². The molecule has 0 bridgehead atoms. The van der Waals surface area contributed by atoms with Gasteiger partial charge in [-0.25, -0.2) is 0 Å². The SMILES string of the molecule is COCCNCc1ccc(CN(C)C)o1.